The van der Waals surface area contributed by atoms with Gasteiger partial charge >= 0.3 is 5.97 Å². The lowest BCUT2D eigenvalue weighted by Crippen LogP contribution is -1.98. The second-order valence-corrected chi connectivity index (χ2v) is 8.04. The number of unbranched alkanes of at least 4 members (excludes halogenated alkanes) is 1. The lowest BCUT2D eigenvalue weighted by atomic mass is 10.0. The highest BCUT2D eigenvalue weighted by Crippen LogP contribution is 2.30. The van der Waals surface area contributed by atoms with E-state index in [-0.39, 0.29) is 5.97 Å². The number of hydrogen-bond donors (Lipinski definition) is 0. The fourth-order valence-corrected chi connectivity index (χ4v) is 3.70. The summed E-state index contributed by atoms with van der Waals surface area (Å²) in [6, 6.07) is 8.66. The zero-order valence-corrected chi connectivity index (χ0v) is 20.2. The molecule has 2 rings (SSSR count). The SMILES string of the molecule is C#C.C/C=C\CCCC(=O)OC.COCc1cccc(CC/C=C/[C@H]2CC[C@@H](Cl)C2)c1. The Balaban J connectivity index is 0.000000639. The van der Waals surface area contributed by atoms with E-state index in [9.17, 15) is 4.79 Å². The van der Waals surface area contributed by atoms with Crippen LogP contribution in [0.1, 0.15) is 63.0 Å². The first-order valence-corrected chi connectivity index (χ1v) is 11.4. The van der Waals surface area contributed by atoms with Crippen LogP contribution >= 0.6 is 11.6 Å². The summed E-state index contributed by atoms with van der Waals surface area (Å²) in [6.07, 6.45) is 24.9. The molecule has 0 spiro atoms. The number of carbonyl (C=O) groups excluding carboxylic acids is 1. The van der Waals surface area contributed by atoms with Crippen LogP contribution in [0.25, 0.3) is 0 Å². The van der Waals surface area contributed by atoms with Crippen molar-refractivity contribution in [3.05, 3.63) is 59.7 Å². The van der Waals surface area contributed by atoms with Gasteiger partial charge in [0.2, 0.25) is 0 Å². The number of carbonyl (C=O) groups is 1. The third kappa shape index (κ3) is 15.4. The van der Waals surface area contributed by atoms with E-state index in [0.717, 1.165) is 32.1 Å². The molecule has 1 aromatic rings. The summed E-state index contributed by atoms with van der Waals surface area (Å²) >= 11 is 6.12. The van der Waals surface area contributed by atoms with Crippen molar-refractivity contribution in [2.45, 2.75) is 70.3 Å². The third-order valence-corrected chi connectivity index (χ3v) is 5.33. The molecule has 0 radical (unpaired) electrons. The van der Waals surface area contributed by atoms with Crippen molar-refractivity contribution in [3.8, 4) is 12.8 Å². The molecular formula is C27H39ClO3. The number of rotatable bonds is 10. The number of aryl methyl sites for hydroxylation is 1. The van der Waals surface area contributed by atoms with Crippen molar-refractivity contribution in [2.24, 2.45) is 5.92 Å². The Morgan fingerprint density at radius 2 is 1.90 bits per heavy atom. The molecule has 172 valence electrons. The van der Waals surface area contributed by atoms with Gasteiger partial charge in [0.25, 0.3) is 0 Å². The van der Waals surface area contributed by atoms with Gasteiger partial charge in [0.05, 0.1) is 13.7 Å². The van der Waals surface area contributed by atoms with Crippen LogP contribution in [0.2, 0.25) is 0 Å². The van der Waals surface area contributed by atoms with Crippen LogP contribution in [0.15, 0.2) is 48.6 Å². The van der Waals surface area contributed by atoms with Crippen LogP contribution in [0.4, 0.5) is 0 Å². The van der Waals surface area contributed by atoms with Crippen molar-refractivity contribution in [3.63, 3.8) is 0 Å². The molecule has 1 aliphatic rings. The Hall–Kier alpha value is -2.02. The number of ether oxygens (including phenoxy) is 2. The molecule has 0 aliphatic heterocycles. The summed E-state index contributed by atoms with van der Waals surface area (Å²) in [5.74, 6) is 0.590. The predicted molar refractivity (Wildman–Crippen MR) is 132 cm³/mol. The summed E-state index contributed by atoms with van der Waals surface area (Å²) in [6.45, 7) is 2.67. The van der Waals surface area contributed by atoms with E-state index in [0.29, 0.717) is 24.3 Å². The minimum absolute atomic E-state index is 0.121. The maximum atomic E-state index is 10.5. The quantitative estimate of drug-likeness (QED) is 0.129. The largest absolute Gasteiger partial charge is 0.469 e. The van der Waals surface area contributed by atoms with Gasteiger partial charge in [0.1, 0.15) is 0 Å². The van der Waals surface area contributed by atoms with Gasteiger partial charge in [-0.15, -0.1) is 24.4 Å². The highest BCUT2D eigenvalue weighted by Gasteiger charge is 2.20. The molecule has 1 aromatic carbocycles. The van der Waals surface area contributed by atoms with Crippen molar-refractivity contribution >= 4 is 17.6 Å². The molecule has 4 heteroatoms. The van der Waals surface area contributed by atoms with Crippen LogP contribution in [0, 0.1) is 18.8 Å². The smallest absolute Gasteiger partial charge is 0.305 e. The number of hydrogen-bond acceptors (Lipinski definition) is 3. The molecule has 3 nitrogen and oxygen atoms in total. The van der Waals surface area contributed by atoms with Gasteiger partial charge in [-0.3, -0.25) is 4.79 Å². The van der Waals surface area contributed by atoms with Gasteiger partial charge in [-0.05, 0) is 68.9 Å². The molecule has 0 N–H and O–H groups in total. The molecule has 0 amide bonds. The molecule has 0 saturated heterocycles. The first-order chi connectivity index (χ1) is 15.1. The van der Waals surface area contributed by atoms with Crippen LogP contribution in [0.5, 0.6) is 0 Å². The lowest BCUT2D eigenvalue weighted by Gasteiger charge is -2.04. The Bertz CT molecular complexity index is 663. The summed E-state index contributed by atoms with van der Waals surface area (Å²) in [4.78, 5) is 10.5. The van der Waals surface area contributed by atoms with E-state index in [1.54, 1.807) is 7.11 Å². The maximum absolute atomic E-state index is 10.5. The molecule has 1 fully saturated rings. The maximum Gasteiger partial charge on any atom is 0.305 e. The normalized spacial score (nSPS) is 17.6. The first kappa shape index (κ1) is 29.0. The number of esters is 1. The van der Waals surface area contributed by atoms with Gasteiger partial charge in [-0.25, -0.2) is 0 Å². The van der Waals surface area contributed by atoms with Crippen LogP contribution < -0.4 is 0 Å². The molecular weight excluding hydrogens is 408 g/mol. The number of halogens is 1. The van der Waals surface area contributed by atoms with Crippen LogP contribution in [-0.4, -0.2) is 25.6 Å². The zero-order chi connectivity index (χ0) is 23.3. The Labute approximate surface area is 194 Å². The van der Waals surface area contributed by atoms with Crippen LogP contribution in [-0.2, 0) is 27.3 Å². The topological polar surface area (TPSA) is 35.5 Å². The number of terminal acetylenes is 1. The molecule has 0 heterocycles. The van der Waals surface area contributed by atoms with Crippen molar-refractivity contribution in [1.82, 2.24) is 0 Å². The fourth-order valence-electron chi connectivity index (χ4n) is 3.35. The lowest BCUT2D eigenvalue weighted by molar-refractivity contribution is -0.140. The van der Waals surface area contributed by atoms with Crippen molar-refractivity contribution in [1.29, 1.82) is 0 Å². The van der Waals surface area contributed by atoms with Gasteiger partial charge in [-0.1, -0.05) is 48.6 Å². The zero-order valence-electron chi connectivity index (χ0n) is 19.4. The Kier molecular flexibility index (Phi) is 18.6. The molecule has 1 saturated carbocycles. The van der Waals surface area contributed by atoms with E-state index in [2.05, 4.69) is 54.0 Å². The molecule has 31 heavy (non-hydrogen) atoms. The molecule has 0 unspecified atom stereocenters. The predicted octanol–water partition coefficient (Wildman–Crippen LogP) is 6.88. The Morgan fingerprint density at radius 3 is 2.52 bits per heavy atom. The summed E-state index contributed by atoms with van der Waals surface area (Å²) < 4.78 is 9.63. The second kappa shape index (κ2) is 19.9. The van der Waals surface area contributed by atoms with E-state index < -0.39 is 0 Å². The van der Waals surface area contributed by atoms with E-state index in [1.807, 2.05) is 19.1 Å². The summed E-state index contributed by atoms with van der Waals surface area (Å²) in [5.41, 5.74) is 2.64. The average Bonchev–Trinajstić information content (AvgIpc) is 3.21. The number of alkyl halides is 1. The minimum Gasteiger partial charge on any atom is -0.469 e. The van der Waals surface area contributed by atoms with Crippen molar-refractivity contribution in [2.75, 3.05) is 14.2 Å². The van der Waals surface area contributed by atoms with Crippen molar-refractivity contribution < 1.29 is 14.3 Å². The third-order valence-electron chi connectivity index (χ3n) is 4.93. The Morgan fingerprint density at radius 1 is 1.16 bits per heavy atom. The number of allylic oxidation sites excluding steroid dienone is 4. The van der Waals surface area contributed by atoms with E-state index in [4.69, 9.17) is 16.3 Å². The van der Waals surface area contributed by atoms with Crippen LogP contribution in [0.3, 0.4) is 0 Å². The summed E-state index contributed by atoms with van der Waals surface area (Å²) in [5, 5.41) is 0.403. The molecule has 1 aliphatic carbocycles. The van der Waals surface area contributed by atoms with Gasteiger partial charge in [0, 0.05) is 18.9 Å². The summed E-state index contributed by atoms with van der Waals surface area (Å²) in [7, 11) is 3.15. The molecule has 0 bridgehead atoms. The fraction of sp³-hybridized carbons (Fsp3) is 0.519. The number of methoxy groups -OCH3 is 2. The van der Waals surface area contributed by atoms with Gasteiger partial charge < -0.3 is 9.47 Å². The molecule has 2 atom stereocenters. The highest BCUT2D eigenvalue weighted by molar-refractivity contribution is 6.20. The average molecular weight is 447 g/mol. The standard InChI is InChI=1S/C17H23ClO.C8H14O2.C2H2/c1-19-13-16-8-4-7-14(11-16)5-2-3-6-15-9-10-17(18)12-15;1-3-4-5-6-7-8(9)10-2;1-2/h3-4,6-8,11,15,17H,2,5,9-10,12-13H2,1H3;3-4H,5-7H2,1-2H3;1-2H/b6-3+;4-3-;/t15-,17+;;/m0../s1. The molecule has 0 aromatic heterocycles. The van der Waals surface area contributed by atoms with Gasteiger partial charge in [0.15, 0.2) is 0 Å². The minimum atomic E-state index is -0.121. The van der Waals surface area contributed by atoms with E-state index in [1.165, 1.54) is 31.1 Å². The second-order valence-electron chi connectivity index (χ2n) is 7.43. The number of benzene rings is 1. The highest BCUT2D eigenvalue weighted by atomic mass is 35.5. The first-order valence-electron chi connectivity index (χ1n) is 11.0. The monoisotopic (exact) mass is 446 g/mol. The van der Waals surface area contributed by atoms with E-state index >= 15 is 0 Å². The van der Waals surface area contributed by atoms with Gasteiger partial charge in [-0.2, -0.15) is 0 Å².